The quantitative estimate of drug-likeness (QED) is 0.735. The second-order valence-electron chi connectivity index (χ2n) is 2.83. The van der Waals surface area contributed by atoms with Gasteiger partial charge in [0.05, 0.1) is 19.0 Å². The molecule has 0 aliphatic rings. The average Bonchev–Trinajstić information content (AvgIpc) is 2.70. The summed E-state index contributed by atoms with van der Waals surface area (Å²) in [7, 11) is 1.58. The minimum Gasteiger partial charge on any atom is -0.495 e. The summed E-state index contributed by atoms with van der Waals surface area (Å²) >= 11 is 0. The first-order valence-electron chi connectivity index (χ1n) is 4.16. The minimum atomic E-state index is 0.585. The number of nitrogens with zero attached hydrogens (tertiary/aromatic N) is 1. The van der Waals surface area contributed by atoms with Crippen LogP contribution in [0.1, 0.15) is 0 Å². The van der Waals surface area contributed by atoms with Crippen molar-refractivity contribution in [3.8, 4) is 17.1 Å². The number of nitrogen functional groups attached to an aromatic ring is 1. The van der Waals surface area contributed by atoms with Gasteiger partial charge in [0.25, 0.3) is 0 Å². The number of hydrogen-bond donors (Lipinski definition) is 1. The predicted molar refractivity (Wildman–Crippen MR) is 52.9 cm³/mol. The summed E-state index contributed by atoms with van der Waals surface area (Å²) in [5.74, 6) is 1.35. The molecule has 0 aliphatic carbocycles. The van der Waals surface area contributed by atoms with Gasteiger partial charge >= 0.3 is 0 Å². The van der Waals surface area contributed by atoms with E-state index in [4.69, 9.17) is 15.0 Å². The van der Waals surface area contributed by atoms with Crippen LogP contribution in [-0.4, -0.2) is 12.3 Å². The lowest BCUT2D eigenvalue weighted by molar-refractivity contribution is 0.416. The number of rotatable bonds is 2. The van der Waals surface area contributed by atoms with Crippen molar-refractivity contribution >= 4 is 5.69 Å². The molecule has 0 atom stereocenters. The zero-order valence-corrected chi connectivity index (χ0v) is 7.73. The summed E-state index contributed by atoms with van der Waals surface area (Å²) in [6.45, 7) is 0. The second kappa shape index (κ2) is 3.41. The van der Waals surface area contributed by atoms with Gasteiger partial charge in [-0.1, -0.05) is 5.16 Å². The average molecular weight is 190 g/mol. The van der Waals surface area contributed by atoms with Crippen molar-refractivity contribution in [3.05, 3.63) is 30.5 Å². The summed E-state index contributed by atoms with van der Waals surface area (Å²) in [5, 5.41) is 3.62. The Morgan fingerprint density at radius 3 is 2.79 bits per heavy atom. The molecule has 1 aromatic heterocycles. The highest BCUT2D eigenvalue weighted by molar-refractivity contribution is 5.66. The zero-order chi connectivity index (χ0) is 9.97. The zero-order valence-electron chi connectivity index (χ0n) is 7.73. The van der Waals surface area contributed by atoms with Crippen LogP contribution in [-0.2, 0) is 0 Å². The number of ether oxygens (including phenoxy) is 1. The van der Waals surface area contributed by atoms with Crippen LogP contribution in [0.3, 0.4) is 0 Å². The van der Waals surface area contributed by atoms with Gasteiger partial charge in [-0.3, -0.25) is 0 Å². The Bertz CT molecular complexity index is 424. The number of methoxy groups -OCH3 is 1. The first kappa shape index (κ1) is 8.62. The highest BCUT2D eigenvalue weighted by Crippen LogP contribution is 2.27. The molecule has 0 saturated heterocycles. The van der Waals surface area contributed by atoms with E-state index in [2.05, 4.69) is 5.16 Å². The van der Waals surface area contributed by atoms with Gasteiger partial charge in [0, 0.05) is 11.6 Å². The van der Waals surface area contributed by atoms with Crippen molar-refractivity contribution in [2.75, 3.05) is 12.8 Å². The van der Waals surface area contributed by atoms with Crippen molar-refractivity contribution in [3.63, 3.8) is 0 Å². The van der Waals surface area contributed by atoms with Crippen molar-refractivity contribution in [2.24, 2.45) is 0 Å². The van der Waals surface area contributed by atoms with Crippen LogP contribution in [0.4, 0.5) is 5.69 Å². The van der Waals surface area contributed by atoms with E-state index < -0.39 is 0 Å². The molecule has 2 N–H and O–H groups in total. The molecule has 2 rings (SSSR count). The molecule has 0 aliphatic heterocycles. The van der Waals surface area contributed by atoms with Crippen LogP contribution in [0.25, 0.3) is 11.3 Å². The van der Waals surface area contributed by atoms with Crippen molar-refractivity contribution in [1.82, 2.24) is 5.16 Å². The summed E-state index contributed by atoms with van der Waals surface area (Å²) in [6, 6.07) is 7.24. The Labute approximate surface area is 81.3 Å². The maximum atomic E-state index is 5.75. The number of anilines is 1. The molecule has 0 spiro atoms. The van der Waals surface area contributed by atoms with Gasteiger partial charge in [-0.15, -0.1) is 0 Å². The molecule has 1 aromatic carbocycles. The topological polar surface area (TPSA) is 61.3 Å². The predicted octanol–water partition coefficient (Wildman–Crippen LogP) is 1.93. The molecule has 0 amide bonds. The molecule has 0 unspecified atom stereocenters. The van der Waals surface area contributed by atoms with Crippen LogP contribution in [0.5, 0.6) is 5.75 Å². The Hall–Kier alpha value is -1.97. The summed E-state index contributed by atoms with van der Waals surface area (Å²) in [5.41, 5.74) is 7.23. The van der Waals surface area contributed by atoms with Crippen molar-refractivity contribution < 1.29 is 9.26 Å². The first-order chi connectivity index (χ1) is 6.81. The molecule has 0 bridgehead atoms. The Kier molecular flexibility index (Phi) is 2.10. The largest absolute Gasteiger partial charge is 0.495 e. The van der Waals surface area contributed by atoms with E-state index in [9.17, 15) is 0 Å². The van der Waals surface area contributed by atoms with E-state index in [0.717, 1.165) is 5.56 Å². The monoisotopic (exact) mass is 190 g/mol. The van der Waals surface area contributed by atoms with Crippen LogP contribution < -0.4 is 10.5 Å². The summed E-state index contributed by atoms with van der Waals surface area (Å²) in [4.78, 5) is 0. The molecule has 0 saturated carbocycles. The molecule has 2 aromatic rings. The van der Waals surface area contributed by atoms with E-state index in [-0.39, 0.29) is 0 Å². The van der Waals surface area contributed by atoms with E-state index in [0.29, 0.717) is 17.2 Å². The Morgan fingerprint density at radius 2 is 2.21 bits per heavy atom. The highest BCUT2D eigenvalue weighted by atomic mass is 16.5. The molecule has 0 fully saturated rings. The number of benzene rings is 1. The van der Waals surface area contributed by atoms with E-state index in [1.807, 2.05) is 6.07 Å². The van der Waals surface area contributed by atoms with Crippen LogP contribution in [0.2, 0.25) is 0 Å². The maximum Gasteiger partial charge on any atom is 0.166 e. The Balaban J connectivity index is 2.43. The van der Waals surface area contributed by atoms with E-state index in [1.54, 1.807) is 31.5 Å². The fraction of sp³-hybridized carbons (Fsp3) is 0.100. The van der Waals surface area contributed by atoms with Gasteiger partial charge in [0.15, 0.2) is 5.76 Å². The van der Waals surface area contributed by atoms with E-state index in [1.165, 1.54) is 0 Å². The lowest BCUT2D eigenvalue weighted by Gasteiger charge is -2.04. The SMILES string of the molecule is COc1ccc(-c2ccno2)cc1N. The fourth-order valence-electron chi connectivity index (χ4n) is 1.25. The number of nitrogens with two attached hydrogens (primary N) is 1. The molecule has 72 valence electrons. The summed E-state index contributed by atoms with van der Waals surface area (Å²) in [6.07, 6.45) is 1.59. The standard InChI is InChI=1S/C10H10N2O2/c1-13-10-3-2-7(6-8(10)11)9-4-5-12-14-9/h2-6H,11H2,1H3. The Morgan fingerprint density at radius 1 is 1.36 bits per heavy atom. The lowest BCUT2D eigenvalue weighted by Crippen LogP contribution is -1.92. The normalized spacial score (nSPS) is 10.1. The lowest BCUT2D eigenvalue weighted by atomic mass is 10.1. The molecule has 14 heavy (non-hydrogen) atoms. The van der Waals surface area contributed by atoms with Crippen molar-refractivity contribution in [1.29, 1.82) is 0 Å². The third-order valence-corrected chi connectivity index (χ3v) is 1.95. The molecule has 4 heteroatoms. The molecular formula is C10H10N2O2. The molecule has 1 heterocycles. The molecular weight excluding hydrogens is 180 g/mol. The van der Waals surface area contributed by atoms with Gasteiger partial charge in [-0.25, -0.2) is 0 Å². The maximum absolute atomic E-state index is 5.75. The highest BCUT2D eigenvalue weighted by Gasteiger charge is 2.04. The fourth-order valence-corrected chi connectivity index (χ4v) is 1.25. The van der Waals surface area contributed by atoms with Crippen LogP contribution in [0.15, 0.2) is 35.0 Å². The second-order valence-corrected chi connectivity index (χ2v) is 2.83. The number of hydrogen-bond acceptors (Lipinski definition) is 4. The van der Waals surface area contributed by atoms with Gasteiger partial charge in [0.2, 0.25) is 0 Å². The third kappa shape index (κ3) is 1.42. The van der Waals surface area contributed by atoms with Gasteiger partial charge < -0.3 is 15.0 Å². The molecule has 4 nitrogen and oxygen atoms in total. The van der Waals surface area contributed by atoms with Gasteiger partial charge in [-0.05, 0) is 18.2 Å². The summed E-state index contributed by atoms with van der Waals surface area (Å²) < 4.78 is 10.0. The smallest absolute Gasteiger partial charge is 0.166 e. The van der Waals surface area contributed by atoms with Crippen LogP contribution >= 0.6 is 0 Å². The van der Waals surface area contributed by atoms with Gasteiger partial charge in [0.1, 0.15) is 5.75 Å². The van der Waals surface area contributed by atoms with E-state index >= 15 is 0 Å². The number of aromatic nitrogens is 1. The van der Waals surface area contributed by atoms with Gasteiger partial charge in [-0.2, -0.15) is 0 Å². The van der Waals surface area contributed by atoms with Crippen LogP contribution in [0, 0.1) is 0 Å². The minimum absolute atomic E-state index is 0.585. The molecule has 0 radical (unpaired) electrons. The first-order valence-corrected chi connectivity index (χ1v) is 4.16. The third-order valence-electron chi connectivity index (χ3n) is 1.95. The van der Waals surface area contributed by atoms with Crippen molar-refractivity contribution in [2.45, 2.75) is 0 Å².